The van der Waals surface area contributed by atoms with Gasteiger partial charge in [-0.25, -0.2) is 0 Å². The van der Waals surface area contributed by atoms with Gasteiger partial charge in [0.1, 0.15) is 0 Å². The van der Waals surface area contributed by atoms with Crippen LogP contribution in [0.1, 0.15) is 17.0 Å². The number of aryl methyl sites for hydroxylation is 1. The molecule has 0 N–H and O–H groups in total. The van der Waals surface area contributed by atoms with E-state index in [1.54, 1.807) is 0 Å². The van der Waals surface area contributed by atoms with E-state index in [1.165, 1.54) is 0 Å². The van der Waals surface area contributed by atoms with Crippen LogP contribution in [0.3, 0.4) is 0 Å². The van der Waals surface area contributed by atoms with Gasteiger partial charge < -0.3 is 4.90 Å². The van der Waals surface area contributed by atoms with Crippen LogP contribution in [0.5, 0.6) is 0 Å². The monoisotopic (exact) mass is 367 g/mol. The van der Waals surface area contributed by atoms with E-state index in [1.807, 2.05) is 79.4 Å². The van der Waals surface area contributed by atoms with E-state index in [0.29, 0.717) is 13.1 Å². The summed E-state index contributed by atoms with van der Waals surface area (Å²) in [5.74, 6) is 0. The molecule has 0 fully saturated rings. The normalized spacial score (nSPS) is 10.6. The lowest BCUT2D eigenvalue weighted by Crippen LogP contribution is -2.23. The first kappa shape index (κ1) is 17.8. The second-order valence-electron chi connectivity index (χ2n) is 6.62. The average Bonchev–Trinajstić information content (AvgIpc) is 2.75. The number of hydrogen-bond acceptors (Lipinski definition) is 5. The molecule has 5 nitrogen and oxygen atoms in total. The Kier molecular flexibility index (Phi) is 5.33. The number of pyridine rings is 4. The molecule has 0 atom stereocenters. The highest BCUT2D eigenvalue weighted by Crippen LogP contribution is 2.24. The van der Waals surface area contributed by atoms with E-state index in [4.69, 9.17) is 0 Å². The fourth-order valence-corrected chi connectivity index (χ4v) is 3.05. The molecule has 0 saturated heterocycles. The highest BCUT2D eigenvalue weighted by atomic mass is 15.1. The van der Waals surface area contributed by atoms with Gasteiger partial charge in [-0.05, 0) is 61.0 Å². The summed E-state index contributed by atoms with van der Waals surface area (Å²) in [6, 6.07) is 20.1. The number of hydrogen-bond donors (Lipinski definition) is 0. The molecule has 0 bridgehead atoms. The van der Waals surface area contributed by atoms with Crippen LogP contribution in [0.15, 0.2) is 85.5 Å². The minimum absolute atomic E-state index is 0.683. The van der Waals surface area contributed by atoms with Gasteiger partial charge >= 0.3 is 0 Å². The van der Waals surface area contributed by atoms with Crippen LogP contribution in [-0.2, 0) is 13.1 Å². The lowest BCUT2D eigenvalue weighted by Gasteiger charge is -2.24. The lowest BCUT2D eigenvalue weighted by molar-refractivity contribution is 0.764. The van der Waals surface area contributed by atoms with Gasteiger partial charge in [0.05, 0.1) is 35.9 Å². The van der Waals surface area contributed by atoms with Gasteiger partial charge in [-0.15, -0.1) is 0 Å². The molecule has 0 aliphatic rings. The number of nitrogens with zero attached hydrogens (tertiary/aromatic N) is 5. The lowest BCUT2D eigenvalue weighted by atomic mass is 10.1. The third-order valence-electron chi connectivity index (χ3n) is 4.44. The molecular weight excluding hydrogens is 346 g/mol. The largest absolute Gasteiger partial charge is 0.360 e. The highest BCUT2D eigenvalue weighted by molar-refractivity contribution is 5.62. The molecule has 0 aliphatic carbocycles. The summed E-state index contributed by atoms with van der Waals surface area (Å²) in [4.78, 5) is 20.2. The van der Waals surface area contributed by atoms with E-state index in [-0.39, 0.29) is 0 Å². The minimum atomic E-state index is 0.683. The highest BCUT2D eigenvalue weighted by Gasteiger charge is 2.12. The number of aromatic nitrogens is 4. The van der Waals surface area contributed by atoms with Crippen LogP contribution in [0, 0.1) is 6.92 Å². The third-order valence-corrected chi connectivity index (χ3v) is 4.44. The quantitative estimate of drug-likeness (QED) is 0.504. The Hall–Kier alpha value is -3.60. The zero-order valence-corrected chi connectivity index (χ0v) is 15.7. The van der Waals surface area contributed by atoms with E-state index >= 15 is 0 Å². The Bertz CT molecular complexity index is 993. The van der Waals surface area contributed by atoms with Gasteiger partial charge in [0.2, 0.25) is 0 Å². The first-order valence-electron chi connectivity index (χ1n) is 9.22. The van der Waals surface area contributed by atoms with Gasteiger partial charge in [0.25, 0.3) is 0 Å². The second kappa shape index (κ2) is 8.39. The van der Waals surface area contributed by atoms with Gasteiger partial charge in [0.15, 0.2) is 0 Å². The van der Waals surface area contributed by atoms with Crippen molar-refractivity contribution >= 4 is 5.69 Å². The Morgan fingerprint density at radius 2 is 1.25 bits per heavy atom. The zero-order chi connectivity index (χ0) is 19.2. The van der Waals surface area contributed by atoms with Crippen LogP contribution in [-0.4, -0.2) is 19.9 Å². The summed E-state index contributed by atoms with van der Waals surface area (Å²) in [5, 5.41) is 0. The van der Waals surface area contributed by atoms with Crippen molar-refractivity contribution < 1.29 is 0 Å². The van der Waals surface area contributed by atoms with Crippen molar-refractivity contribution in [1.82, 2.24) is 19.9 Å². The van der Waals surface area contributed by atoms with E-state index in [2.05, 4.69) is 37.8 Å². The number of anilines is 1. The molecule has 0 aromatic carbocycles. The predicted octanol–water partition coefficient (Wildman–Crippen LogP) is 4.45. The van der Waals surface area contributed by atoms with Crippen molar-refractivity contribution in [2.75, 3.05) is 4.90 Å². The molecule has 4 aromatic heterocycles. The van der Waals surface area contributed by atoms with Crippen LogP contribution in [0.4, 0.5) is 5.69 Å². The summed E-state index contributed by atoms with van der Waals surface area (Å²) in [7, 11) is 0. The molecule has 0 spiro atoms. The third kappa shape index (κ3) is 4.38. The smallest absolute Gasteiger partial charge is 0.0906 e. The Balaban J connectivity index is 1.68. The molecule has 0 amide bonds. The molecule has 138 valence electrons. The standard InChI is InChI=1S/C23H21N5/c1-18-8-12-26-22(14-18)23-15-21(9-13-27-23)28(16-19-6-2-4-10-24-19)17-20-7-3-5-11-25-20/h2-15H,16-17H2,1H3. The molecule has 0 radical (unpaired) electrons. The summed E-state index contributed by atoms with van der Waals surface area (Å²) >= 11 is 0. The molecule has 0 saturated carbocycles. The van der Waals surface area contributed by atoms with Crippen molar-refractivity contribution in [2.24, 2.45) is 0 Å². The topological polar surface area (TPSA) is 54.8 Å². The van der Waals surface area contributed by atoms with E-state index < -0.39 is 0 Å². The Labute approximate surface area is 164 Å². The van der Waals surface area contributed by atoms with E-state index in [0.717, 1.165) is 34.0 Å². The Morgan fingerprint density at radius 3 is 1.82 bits per heavy atom. The van der Waals surface area contributed by atoms with E-state index in [9.17, 15) is 0 Å². The molecule has 0 unspecified atom stereocenters. The fourth-order valence-electron chi connectivity index (χ4n) is 3.05. The molecule has 4 rings (SSSR count). The van der Waals surface area contributed by atoms with Gasteiger partial charge in [0, 0.05) is 30.5 Å². The maximum absolute atomic E-state index is 4.53. The predicted molar refractivity (Wildman–Crippen MR) is 111 cm³/mol. The molecular formula is C23H21N5. The molecule has 4 aromatic rings. The summed E-state index contributed by atoms with van der Waals surface area (Å²) in [6.07, 6.45) is 7.29. The first-order chi connectivity index (χ1) is 13.8. The van der Waals surface area contributed by atoms with Crippen LogP contribution in [0.2, 0.25) is 0 Å². The van der Waals surface area contributed by atoms with Crippen LogP contribution in [0.25, 0.3) is 11.4 Å². The average molecular weight is 367 g/mol. The molecule has 0 aliphatic heterocycles. The molecule has 4 heterocycles. The van der Waals surface area contributed by atoms with Crippen molar-refractivity contribution in [3.63, 3.8) is 0 Å². The summed E-state index contributed by atoms with van der Waals surface area (Å²) < 4.78 is 0. The van der Waals surface area contributed by atoms with Crippen molar-refractivity contribution in [2.45, 2.75) is 20.0 Å². The summed E-state index contributed by atoms with van der Waals surface area (Å²) in [5.41, 5.74) is 5.96. The minimum Gasteiger partial charge on any atom is -0.360 e. The summed E-state index contributed by atoms with van der Waals surface area (Å²) in [6.45, 7) is 3.42. The molecule has 28 heavy (non-hydrogen) atoms. The van der Waals surface area contributed by atoms with Crippen molar-refractivity contribution in [1.29, 1.82) is 0 Å². The fraction of sp³-hybridized carbons (Fsp3) is 0.130. The number of rotatable bonds is 6. The van der Waals surface area contributed by atoms with Crippen molar-refractivity contribution in [3.8, 4) is 11.4 Å². The van der Waals surface area contributed by atoms with Crippen LogP contribution < -0.4 is 4.90 Å². The van der Waals surface area contributed by atoms with Gasteiger partial charge in [-0.2, -0.15) is 0 Å². The zero-order valence-electron chi connectivity index (χ0n) is 15.7. The second-order valence-corrected chi connectivity index (χ2v) is 6.62. The Morgan fingerprint density at radius 1 is 0.643 bits per heavy atom. The first-order valence-corrected chi connectivity index (χ1v) is 9.22. The van der Waals surface area contributed by atoms with Gasteiger partial charge in [-0.3, -0.25) is 19.9 Å². The van der Waals surface area contributed by atoms with Crippen LogP contribution >= 0.6 is 0 Å². The SMILES string of the molecule is Cc1ccnc(-c2cc(N(Cc3ccccn3)Cc3ccccn3)ccn2)c1. The maximum Gasteiger partial charge on any atom is 0.0906 e. The maximum atomic E-state index is 4.53. The van der Waals surface area contributed by atoms with Gasteiger partial charge in [-0.1, -0.05) is 12.1 Å². The van der Waals surface area contributed by atoms with Crippen molar-refractivity contribution in [3.05, 3.63) is 102 Å². The molecule has 5 heteroatoms.